The highest BCUT2D eigenvalue weighted by molar-refractivity contribution is 6.16. The molecular weight excluding hydrogens is 550 g/mol. The fraction of sp³-hybridized carbons (Fsp3) is 0. The third-order valence-electron chi connectivity index (χ3n) is 9.19. The van der Waals surface area contributed by atoms with Crippen LogP contribution in [0.4, 0.5) is 0 Å². The van der Waals surface area contributed by atoms with Crippen LogP contribution in [0.2, 0.25) is 0 Å². The molecule has 10 rings (SSSR count). The summed E-state index contributed by atoms with van der Waals surface area (Å²) in [4.78, 5) is 0. The van der Waals surface area contributed by atoms with Crippen molar-refractivity contribution in [2.45, 2.75) is 0 Å². The van der Waals surface area contributed by atoms with E-state index in [1.807, 2.05) is 12.1 Å². The maximum atomic E-state index is 6.36. The van der Waals surface area contributed by atoms with Crippen LogP contribution in [0.5, 0.6) is 0 Å². The third-order valence-corrected chi connectivity index (χ3v) is 9.19. The van der Waals surface area contributed by atoms with Gasteiger partial charge in [-0.1, -0.05) is 84.9 Å². The number of hydrogen-bond donors (Lipinski definition) is 0. The minimum Gasteiger partial charge on any atom is -0.456 e. The van der Waals surface area contributed by atoms with Crippen molar-refractivity contribution in [1.82, 2.24) is 4.57 Å². The van der Waals surface area contributed by atoms with Crippen LogP contribution in [0.15, 0.2) is 160 Å². The molecule has 0 spiro atoms. The first-order valence-corrected chi connectivity index (χ1v) is 15.3. The van der Waals surface area contributed by atoms with Crippen molar-refractivity contribution in [3.63, 3.8) is 0 Å². The van der Waals surface area contributed by atoms with Gasteiger partial charge in [0.25, 0.3) is 0 Å². The van der Waals surface area contributed by atoms with Gasteiger partial charge in [-0.2, -0.15) is 0 Å². The summed E-state index contributed by atoms with van der Waals surface area (Å²) in [7, 11) is 0. The number of benzene rings is 7. The molecule has 3 heterocycles. The molecule has 0 fully saturated rings. The Bertz CT molecular complexity index is 2740. The van der Waals surface area contributed by atoms with Gasteiger partial charge < -0.3 is 13.4 Å². The minimum atomic E-state index is 0.832. The van der Waals surface area contributed by atoms with Crippen LogP contribution in [0, 0.1) is 0 Å². The second-order valence-electron chi connectivity index (χ2n) is 11.8. The average Bonchev–Trinajstić information content (AvgIpc) is 3.76. The van der Waals surface area contributed by atoms with Crippen LogP contribution in [-0.4, -0.2) is 4.57 Å². The molecular formula is C42H25NO2. The van der Waals surface area contributed by atoms with Gasteiger partial charge in [0.15, 0.2) is 0 Å². The van der Waals surface area contributed by atoms with Gasteiger partial charge in [0.1, 0.15) is 22.3 Å². The molecule has 0 aliphatic carbocycles. The van der Waals surface area contributed by atoms with Gasteiger partial charge in [0.05, 0.1) is 11.0 Å². The molecule has 45 heavy (non-hydrogen) atoms. The van der Waals surface area contributed by atoms with Crippen LogP contribution in [0.25, 0.3) is 93.6 Å². The topological polar surface area (TPSA) is 31.2 Å². The number of rotatable bonds is 3. The Kier molecular flexibility index (Phi) is 5.00. The summed E-state index contributed by atoms with van der Waals surface area (Å²) in [6.45, 7) is 0. The summed E-state index contributed by atoms with van der Waals surface area (Å²) < 4.78 is 15.0. The molecule has 0 aliphatic rings. The molecule has 10 aromatic rings. The SMILES string of the molecule is c1ccc(-c2ccc3oc4cc5oc6ccc(-c7ccc8c(c7)c7ccccc7n8-c7ccccc7)cc6c5cc4c3c2)cc1. The van der Waals surface area contributed by atoms with E-state index in [2.05, 4.69) is 144 Å². The van der Waals surface area contributed by atoms with E-state index in [1.54, 1.807) is 0 Å². The molecule has 7 aromatic carbocycles. The van der Waals surface area contributed by atoms with Gasteiger partial charge in [-0.3, -0.25) is 0 Å². The molecule has 0 atom stereocenters. The molecule has 210 valence electrons. The average molecular weight is 576 g/mol. The number of para-hydroxylation sites is 2. The first kappa shape index (κ1) is 24.4. The molecule has 0 bridgehead atoms. The highest BCUT2D eigenvalue weighted by atomic mass is 16.3. The summed E-state index contributed by atoms with van der Waals surface area (Å²) >= 11 is 0. The standard InChI is InChI=1S/C42H25NO2/c1-3-9-26(10-4-1)27-16-19-39-33(22-27)35-24-36-34-23-29(17-20-40(34)45-42(36)25-41(35)44-39)28-15-18-38-32(21-28)31-13-7-8-14-37(31)43(38)30-11-5-2-6-12-30/h1-25H. The van der Waals surface area contributed by atoms with Crippen molar-refractivity contribution in [3.05, 3.63) is 152 Å². The zero-order chi connectivity index (χ0) is 29.5. The lowest BCUT2D eigenvalue weighted by Crippen LogP contribution is -1.92. The normalized spacial score (nSPS) is 12.0. The number of fused-ring (bicyclic) bond motifs is 9. The van der Waals surface area contributed by atoms with Gasteiger partial charge >= 0.3 is 0 Å². The molecule has 3 heteroatoms. The van der Waals surface area contributed by atoms with Crippen LogP contribution in [-0.2, 0) is 0 Å². The second-order valence-corrected chi connectivity index (χ2v) is 11.8. The van der Waals surface area contributed by atoms with Crippen LogP contribution in [0.1, 0.15) is 0 Å². The Labute approximate surface area is 258 Å². The fourth-order valence-corrected chi connectivity index (χ4v) is 7.04. The Morgan fingerprint density at radius 2 is 0.822 bits per heavy atom. The van der Waals surface area contributed by atoms with Crippen LogP contribution in [0.3, 0.4) is 0 Å². The van der Waals surface area contributed by atoms with Gasteiger partial charge in [-0.15, -0.1) is 0 Å². The Balaban J connectivity index is 1.15. The van der Waals surface area contributed by atoms with E-state index in [-0.39, 0.29) is 0 Å². The summed E-state index contributed by atoms with van der Waals surface area (Å²) in [5.41, 5.74) is 11.7. The van der Waals surface area contributed by atoms with Crippen molar-refractivity contribution in [2.75, 3.05) is 0 Å². The molecule has 0 amide bonds. The predicted molar refractivity (Wildman–Crippen MR) is 186 cm³/mol. The maximum absolute atomic E-state index is 6.36. The zero-order valence-corrected chi connectivity index (χ0v) is 24.2. The molecule has 0 radical (unpaired) electrons. The highest BCUT2D eigenvalue weighted by Crippen LogP contribution is 2.40. The Morgan fingerprint density at radius 3 is 1.51 bits per heavy atom. The summed E-state index contributed by atoms with van der Waals surface area (Å²) in [6, 6.07) is 53.8. The summed E-state index contributed by atoms with van der Waals surface area (Å²) in [6.07, 6.45) is 0. The first-order valence-electron chi connectivity index (χ1n) is 15.3. The summed E-state index contributed by atoms with van der Waals surface area (Å²) in [5.74, 6) is 0. The number of aromatic nitrogens is 1. The summed E-state index contributed by atoms with van der Waals surface area (Å²) in [5, 5.41) is 6.89. The largest absolute Gasteiger partial charge is 0.456 e. The lowest BCUT2D eigenvalue weighted by atomic mass is 9.99. The van der Waals surface area contributed by atoms with Gasteiger partial charge in [0, 0.05) is 44.1 Å². The van der Waals surface area contributed by atoms with Crippen LogP contribution < -0.4 is 0 Å². The van der Waals surface area contributed by atoms with Crippen molar-refractivity contribution < 1.29 is 8.83 Å². The van der Waals surface area contributed by atoms with E-state index in [1.165, 1.54) is 38.5 Å². The van der Waals surface area contributed by atoms with Gasteiger partial charge in [0.2, 0.25) is 0 Å². The lowest BCUT2D eigenvalue weighted by molar-refractivity contribution is 0.656. The lowest BCUT2D eigenvalue weighted by Gasteiger charge is -2.08. The third kappa shape index (κ3) is 3.65. The van der Waals surface area contributed by atoms with E-state index in [0.717, 1.165) is 55.1 Å². The van der Waals surface area contributed by atoms with Gasteiger partial charge in [-0.25, -0.2) is 0 Å². The van der Waals surface area contributed by atoms with Crippen molar-refractivity contribution in [1.29, 1.82) is 0 Å². The molecule has 3 nitrogen and oxygen atoms in total. The first-order chi connectivity index (χ1) is 22.3. The van der Waals surface area contributed by atoms with Crippen molar-refractivity contribution >= 4 is 65.7 Å². The van der Waals surface area contributed by atoms with E-state index < -0.39 is 0 Å². The van der Waals surface area contributed by atoms with Crippen LogP contribution >= 0.6 is 0 Å². The molecule has 3 aromatic heterocycles. The molecule has 0 aliphatic heterocycles. The van der Waals surface area contributed by atoms with E-state index in [4.69, 9.17) is 8.83 Å². The highest BCUT2D eigenvalue weighted by Gasteiger charge is 2.16. The maximum Gasteiger partial charge on any atom is 0.139 e. The van der Waals surface area contributed by atoms with Gasteiger partial charge in [-0.05, 0) is 82.9 Å². The predicted octanol–water partition coefficient (Wildman–Crippen LogP) is 11.9. The van der Waals surface area contributed by atoms with E-state index in [9.17, 15) is 0 Å². The molecule has 0 N–H and O–H groups in total. The fourth-order valence-electron chi connectivity index (χ4n) is 7.04. The zero-order valence-electron chi connectivity index (χ0n) is 24.2. The minimum absolute atomic E-state index is 0.832. The van der Waals surface area contributed by atoms with Crippen molar-refractivity contribution in [3.8, 4) is 27.9 Å². The second kappa shape index (κ2) is 9.22. The number of hydrogen-bond acceptors (Lipinski definition) is 2. The van der Waals surface area contributed by atoms with E-state index in [0.29, 0.717) is 0 Å². The molecule has 0 unspecified atom stereocenters. The number of furan rings is 2. The molecule has 0 saturated heterocycles. The smallest absolute Gasteiger partial charge is 0.139 e. The Hall–Kier alpha value is -6.06. The van der Waals surface area contributed by atoms with E-state index >= 15 is 0 Å². The monoisotopic (exact) mass is 575 g/mol. The molecule has 0 saturated carbocycles. The van der Waals surface area contributed by atoms with Crippen molar-refractivity contribution in [2.24, 2.45) is 0 Å². The number of nitrogens with zero attached hydrogens (tertiary/aromatic N) is 1. The quantitative estimate of drug-likeness (QED) is 0.210. The Morgan fingerprint density at radius 1 is 0.311 bits per heavy atom.